The number of hydrogen-bond acceptors (Lipinski definition) is 4. The highest BCUT2D eigenvalue weighted by molar-refractivity contribution is 5.94. The van der Waals surface area contributed by atoms with Gasteiger partial charge in [-0.2, -0.15) is 4.98 Å². The second-order valence-electron chi connectivity index (χ2n) is 8.53. The van der Waals surface area contributed by atoms with E-state index in [-0.39, 0.29) is 5.91 Å². The number of nitrogens with zero attached hydrogens (tertiary/aromatic N) is 2. The summed E-state index contributed by atoms with van der Waals surface area (Å²) in [5, 5.41) is 7.15. The molecular weight excluding hydrogens is 326 g/mol. The molecule has 2 fully saturated rings. The smallest absolute Gasteiger partial charge is 0.257 e. The van der Waals surface area contributed by atoms with Crippen molar-refractivity contribution >= 4 is 5.91 Å². The number of aromatic nitrogens is 2. The maximum absolute atomic E-state index is 12.4. The molecule has 5 heteroatoms. The van der Waals surface area contributed by atoms with E-state index in [1.165, 1.54) is 32.1 Å². The van der Waals surface area contributed by atoms with Crippen molar-refractivity contribution in [3.8, 4) is 11.5 Å². The van der Waals surface area contributed by atoms with Crippen LogP contribution in [-0.4, -0.2) is 22.6 Å². The van der Waals surface area contributed by atoms with Crippen LogP contribution in [0.4, 0.5) is 0 Å². The van der Waals surface area contributed by atoms with E-state index in [1.54, 1.807) is 0 Å². The van der Waals surface area contributed by atoms with Gasteiger partial charge < -0.3 is 9.84 Å². The van der Waals surface area contributed by atoms with Crippen LogP contribution in [0.5, 0.6) is 0 Å². The molecule has 4 rings (SSSR count). The minimum atomic E-state index is -0.0146. The number of rotatable bonds is 6. The zero-order valence-corrected chi connectivity index (χ0v) is 15.6. The number of amides is 1. The molecule has 2 aliphatic rings. The minimum Gasteiger partial charge on any atom is -0.352 e. The van der Waals surface area contributed by atoms with E-state index < -0.39 is 0 Å². The third-order valence-corrected chi connectivity index (χ3v) is 6.02. The maximum atomic E-state index is 12.4. The highest BCUT2D eigenvalue weighted by Gasteiger charge is 2.34. The Hall–Kier alpha value is -2.17. The highest BCUT2D eigenvalue weighted by Crippen LogP contribution is 2.42. The summed E-state index contributed by atoms with van der Waals surface area (Å²) in [6, 6.07) is 7.41. The third kappa shape index (κ3) is 3.81. The molecule has 1 atom stereocenters. The van der Waals surface area contributed by atoms with Gasteiger partial charge in [-0.3, -0.25) is 4.79 Å². The summed E-state index contributed by atoms with van der Waals surface area (Å²) in [5.41, 5.74) is 1.85. The van der Waals surface area contributed by atoms with Crippen molar-refractivity contribution in [2.75, 3.05) is 6.54 Å². The van der Waals surface area contributed by atoms with Crippen molar-refractivity contribution in [2.24, 2.45) is 17.3 Å². The minimum absolute atomic E-state index is 0.0146. The van der Waals surface area contributed by atoms with Gasteiger partial charge in [0.15, 0.2) is 5.82 Å². The van der Waals surface area contributed by atoms with Gasteiger partial charge in [-0.1, -0.05) is 25.4 Å². The number of benzene rings is 1. The van der Waals surface area contributed by atoms with Gasteiger partial charge in [0, 0.05) is 24.1 Å². The fourth-order valence-corrected chi connectivity index (χ4v) is 3.89. The van der Waals surface area contributed by atoms with Crippen LogP contribution in [0.2, 0.25) is 0 Å². The Balaban J connectivity index is 1.36. The molecule has 2 aliphatic carbocycles. The lowest BCUT2D eigenvalue weighted by atomic mass is 9.82. The first-order valence-corrected chi connectivity index (χ1v) is 9.72. The summed E-state index contributed by atoms with van der Waals surface area (Å²) in [5.74, 6) is 2.59. The Morgan fingerprint density at radius 3 is 2.65 bits per heavy atom. The van der Waals surface area contributed by atoms with E-state index >= 15 is 0 Å². The fourth-order valence-electron chi connectivity index (χ4n) is 3.89. The monoisotopic (exact) mass is 353 g/mol. The molecular formula is C21H27N3O2. The lowest BCUT2D eigenvalue weighted by molar-refractivity contribution is 0.0937. The molecule has 1 N–H and O–H groups in total. The first kappa shape index (κ1) is 17.3. The number of carbonyl (C=O) groups excluding carboxylic acids is 1. The van der Waals surface area contributed by atoms with Gasteiger partial charge in [-0.15, -0.1) is 0 Å². The number of hydrogen-bond donors (Lipinski definition) is 1. The molecule has 138 valence electrons. The number of carbonyl (C=O) groups is 1. The summed E-state index contributed by atoms with van der Waals surface area (Å²) in [6.45, 7) is 5.35. The third-order valence-electron chi connectivity index (χ3n) is 6.02. The molecule has 0 aliphatic heterocycles. The predicted octanol–water partition coefficient (Wildman–Crippen LogP) is 4.25. The van der Waals surface area contributed by atoms with Gasteiger partial charge in [0.25, 0.3) is 11.8 Å². The molecule has 0 unspecified atom stereocenters. The van der Waals surface area contributed by atoms with Crippen LogP contribution >= 0.6 is 0 Å². The summed E-state index contributed by atoms with van der Waals surface area (Å²) in [7, 11) is 0. The highest BCUT2D eigenvalue weighted by atomic mass is 16.5. The zero-order chi connectivity index (χ0) is 18.1. The van der Waals surface area contributed by atoms with E-state index in [0.29, 0.717) is 22.8 Å². The van der Waals surface area contributed by atoms with E-state index in [2.05, 4.69) is 29.3 Å². The van der Waals surface area contributed by atoms with E-state index in [9.17, 15) is 4.79 Å². The molecule has 0 bridgehead atoms. The summed E-state index contributed by atoms with van der Waals surface area (Å²) >= 11 is 0. The van der Waals surface area contributed by atoms with Crippen LogP contribution in [0.25, 0.3) is 11.5 Å². The first-order valence-electron chi connectivity index (χ1n) is 9.72. The zero-order valence-electron chi connectivity index (χ0n) is 15.6. The van der Waals surface area contributed by atoms with Crippen LogP contribution in [-0.2, 0) is 6.42 Å². The summed E-state index contributed by atoms with van der Waals surface area (Å²) in [4.78, 5) is 16.9. The molecule has 5 nitrogen and oxygen atoms in total. The van der Waals surface area contributed by atoms with Gasteiger partial charge >= 0.3 is 0 Å². The van der Waals surface area contributed by atoms with E-state index in [0.717, 1.165) is 30.3 Å². The largest absolute Gasteiger partial charge is 0.352 e. The van der Waals surface area contributed by atoms with Gasteiger partial charge in [0.05, 0.1) is 0 Å². The molecule has 1 aromatic carbocycles. The fraction of sp³-hybridized carbons (Fsp3) is 0.571. The predicted molar refractivity (Wildman–Crippen MR) is 99.6 cm³/mol. The summed E-state index contributed by atoms with van der Waals surface area (Å²) < 4.78 is 5.36. The Morgan fingerprint density at radius 2 is 2.00 bits per heavy atom. The van der Waals surface area contributed by atoms with Crippen molar-refractivity contribution in [2.45, 2.75) is 52.4 Å². The Kier molecular flexibility index (Phi) is 4.55. The average Bonchev–Trinajstić information content (AvgIpc) is 3.20. The van der Waals surface area contributed by atoms with Gasteiger partial charge in [-0.25, -0.2) is 0 Å². The van der Waals surface area contributed by atoms with E-state index in [1.807, 2.05) is 24.3 Å². The Morgan fingerprint density at radius 1 is 1.23 bits per heavy atom. The van der Waals surface area contributed by atoms with Crippen LogP contribution in [0.15, 0.2) is 28.8 Å². The maximum Gasteiger partial charge on any atom is 0.257 e. The van der Waals surface area contributed by atoms with Crippen molar-refractivity contribution in [1.29, 1.82) is 0 Å². The lowest BCUT2D eigenvalue weighted by Crippen LogP contribution is -2.33. The number of nitrogens with one attached hydrogen (secondary N) is 1. The van der Waals surface area contributed by atoms with Crippen molar-refractivity contribution in [1.82, 2.24) is 15.5 Å². The van der Waals surface area contributed by atoms with Crippen molar-refractivity contribution in [3.05, 3.63) is 35.7 Å². The van der Waals surface area contributed by atoms with Crippen LogP contribution < -0.4 is 5.32 Å². The lowest BCUT2D eigenvalue weighted by Gasteiger charge is -2.27. The summed E-state index contributed by atoms with van der Waals surface area (Å²) in [6.07, 6.45) is 7.15. The molecule has 1 aromatic heterocycles. The SMILES string of the molecule is CC1(C)CCC[C@@H]1CNC(=O)c1ccc(-c2nc(CC3CC3)no2)cc1. The van der Waals surface area contributed by atoms with Crippen molar-refractivity contribution < 1.29 is 9.32 Å². The first-order chi connectivity index (χ1) is 12.5. The van der Waals surface area contributed by atoms with Crippen LogP contribution in [0.1, 0.15) is 62.1 Å². The molecule has 2 saturated carbocycles. The molecule has 0 radical (unpaired) electrons. The Bertz CT molecular complexity index is 775. The molecule has 2 aromatic rings. The molecule has 1 amide bonds. The van der Waals surface area contributed by atoms with Crippen LogP contribution in [0, 0.1) is 17.3 Å². The molecule has 0 spiro atoms. The normalized spacial score (nSPS) is 21.7. The average molecular weight is 353 g/mol. The standard InChI is InChI=1S/C21H27N3O2/c1-21(2)11-3-4-17(21)13-22-19(25)15-7-9-16(10-8-15)20-23-18(24-26-20)12-14-5-6-14/h7-10,14,17H,3-6,11-13H2,1-2H3,(H,22,25)/t17-/m1/s1. The van der Waals surface area contributed by atoms with Gasteiger partial charge in [0.2, 0.25) is 0 Å². The van der Waals surface area contributed by atoms with Gasteiger partial charge in [-0.05, 0) is 67.2 Å². The van der Waals surface area contributed by atoms with Gasteiger partial charge in [0.1, 0.15) is 0 Å². The molecule has 1 heterocycles. The molecule has 0 saturated heterocycles. The Labute approximate surface area is 154 Å². The van der Waals surface area contributed by atoms with Crippen LogP contribution in [0.3, 0.4) is 0 Å². The quantitative estimate of drug-likeness (QED) is 0.843. The second kappa shape index (κ2) is 6.86. The second-order valence-corrected chi connectivity index (χ2v) is 8.53. The van der Waals surface area contributed by atoms with E-state index in [4.69, 9.17) is 4.52 Å². The molecule has 26 heavy (non-hydrogen) atoms. The van der Waals surface area contributed by atoms with Crippen molar-refractivity contribution in [3.63, 3.8) is 0 Å². The topological polar surface area (TPSA) is 68.0 Å².